The lowest BCUT2D eigenvalue weighted by Gasteiger charge is -2.11. The number of hydrogen-bond donors (Lipinski definition) is 1. The maximum atomic E-state index is 12.5. The number of nitrogens with zero attached hydrogens (tertiary/aromatic N) is 2. The van der Waals surface area contributed by atoms with Crippen LogP contribution in [-0.2, 0) is 6.18 Å². The Bertz CT molecular complexity index is 650. The number of halogens is 4. The molecule has 0 radical (unpaired) electrons. The Hall–Kier alpha value is -1.32. The van der Waals surface area contributed by atoms with E-state index in [0.29, 0.717) is 3.57 Å². The second kappa shape index (κ2) is 3.86. The van der Waals surface area contributed by atoms with Crippen molar-refractivity contribution in [2.24, 2.45) is 0 Å². The molecule has 1 aromatic heterocycles. The molecule has 0 fully saturated rings. The highest BCUT2D eigenvalue weighted by Gasteiger charge is 2.37. The zero-order valence-electron chi connectivity index (χ0n) is 8.12. The Balaban J connectivity index is 2.90. The molecule has 0 aliphatic carbocycles. The van der Waals surface area contributed by atoms with Crippen LogP contribution in [0.1, 0.15) is 5.82 Å². The van der Waals surface area contributed by atoms with Gasteiger partial charge in [0.15, 0.2) is 0 Å². The monoisotopic (exact) mass is 355 g/mol. The van der Waals surface area contributed by atoms with Gasteiger partial charge in [-0.1, -0.05) is 0 Å². The Morgan fingerprint density at radius 1 is 1.35 bits per heavy atom. The normalized spacial score (nSPS) is 12.0. The largest absolute Gasteiger partial charge is 0.451 e. The first-order chi connectivity index (χ1) is 7.80. The second-order valence-corrected chi connectivity index (χ2v) is 4.52. The quantitative estimate of drug-likeness (QED) is 0.579. The van der Waals surface area contributed by atoms with E-state index < -0.39 is 17.6 Å². The van der Waals surface area contributed by atoms with Gasteiger partial charge >= 0.3 is 6.18 Å². The first kappa shape index (κ1) is 12.1. The average molecular weight is 355 g/mol. The summed E-state index contributed by atoms with van der Waals surface area (Å²) in [6.45, 7) is 0. The number of nitrogen functional groups attached to an aromatic ring is 1. The van der Waals surface area contributed by atoms with E-state index in [-0.39, 0.29) is 15.6 Å². The predicted molar refractivity (Wildman–Crippen MR) is 63.9 cm³/mol. The minimum atomic E-state index is -4.76. The molecule has 0 atom stereocenters. The van der Waals surface area contributed by atoms with Crippen LogP contribution in [-0.4, -0.2) is 9.66 Å². The number of fused-ring (bicyclic) bond motifs is 1. The second-order valence-electron chi connectivity index (χ2n) is 3.27. The molecule has 2 N–H and O–H groups in total. The fraction of sp³-hybridized carbons (Fsp3) is 0.111. The summed E-state index contributed by atoms with van der Waals surface area (Å²) >= 11 is 1.94. The number of hydrogen-bond acceptors (Lipinski definition) is 3. The fourth-order valence-electron chi connectivity index (χ4n) is 1.37. The van der Waals surface area contributed by atoms with E-state index in [4.69, 9.17) is 5.84 Å². The molecule has 1 heterocycles. The van der Waals surface area contributed by atoms with Gasteiger partial charge in [-0.3, -0.25) is 4.79 Å². The van der Waals surface area contributed by atoms with Gasteiger partial charge < -0.3 is 5.84 Å². The van der Waals surface area contributed by atoms with Crippen molar-refractivity contribution in [3.8, 4) is 0 Å². The molecule has 0 saturated heterocycles. The Morgan fingerprint density at radius 2 is 2.00 bits per heavy atom. The first-order valence-corrected chi connectivity index (χ1v) is 5.43. The highest BCUT2D eigenvalue weighted by molar-refractivity contribution is 14.1. The third-order valence-electron chi connectivity index (χ3n) is 2.12. The number of rotatable bonds is 0. The Morgan fingerprint density at radius 3 is 2.59 bits per heavy atom. The van der Waals surface area contributed by atoms with Gasteiger partial charge in [0, 0.05) is 3.57 Å². The van der Waals surface area contributed by atoms with E-state index in [1.165, 1.54) is 12.1 Å². The SMILES string of the molecule is Nn1c(C(F)(F)F)nc2ccc(I)cc2c1=O. The summed E-state index contributed by atoms with van der Waals surface area (Å²) in [6.07, 6.45) is -4.76. The van der Waals surface area contributed by atoms with Crippen LogP contribution < -0.4 is 11.4 Å². The van der Waals surface area contributed by atoms with E-state index in [1.807, 2.05) is 22.6 Å². The fourth-order valence-corrected chi connectivity index (χ4v) is 1.86. The maximum Gasteiger partial charge on any atom is 0.451 e. The molecule has 0 spiro atoms. The Labute approximate surface area is 106 Å². The van der Waals surface area contributed by atoms with Gasteiger partial charge in [0.25, 0.3) is 5.56 Å². The van der Waals surface area contributed by atoms with Crippen molar-refractivity contribution in [2.75, 3.05) is 5.84 Å². The van der Waals surface area contributed by atoms with Crippen molar-refractivity contribution in [3.63, 3.8) is 0 Å². The van der Waals surface area contributed by atoms with Crippen LogP contribution in [0.25, 0.3) is 10.9 Å². The summed E-state index contributed by atoms with van der Waals surface area (Å²) in [5, 5.41) is 0.0624. The summed E-state index contributed by atoms with van der Waals surface area (Å²) in [6, 6.07) is 4.36. The lowest BCUT2D eigenvalue weighted by Crippen LogP contribution is -2.35. The minimum Gasteiger partial charge on any atom is -0.334 e. The van der Waals surface area contributed by atoms with E-state index in [1.54, 1.807) is 6.07 Å². The Kier molecular flexibility index (Phi) is 2.76. The molecule has 90 valence electrons. The molecule has 8 heteroatoms. The summed E-state index contributed by atoms with van der Waals surface area (Å²) in [5.74, 6) is 3.70. The molecule has 2 rings (SSSR count). The summed E-state index contributed by atoms with van der Waals surface area (Å²) in [4.78, 5) is 15.0. The van der Waals surface area contributed by atoms with E-state index >= 15 is 0 Å². The van der Waals surface area contributed by atoms with Gasteiger partial charge in [-0.15, -0.1) is 0 Å². The van der Waals surface area contributed by atoms with Crippen LogP contribution in [0.5, 0.6) is 0 Å². The molecule has 2 aromatic rings. The summed E-state index contributed by atoms with van der Waals surface area (Å²) < 4.78 is 38.3. The zero-order valence-corrected chi connectivity index (χ0v) is 10.3. The number of alkyl halides is 3. The van der Waals surface area contributed by atoms with Crippen LogP contribution >= 0.6 is 22.6 Å². The molecule has 4 nitrogen and oxygen atoms in total. The van der Waals surface area contributed by atoms with Crippen molar-refractivity contribution in [3.05, 3.63) is 37.9 Å². The van der Waals surface area contributed by atoms with Gasteiger partial charge in [0.2, 0.25) is 5.82 Å². The lowest BCUT2D eigenvalue weighted by molar-refractivity contribution is -0.147. The van der Waals surface area contributed by atoms with Crippen LogP contribution in [0.3, 0.4) is 0 Å². The highest BCUT2D eigenvalue weighted by Crippen LogP contribution is 2.27. The third-order valence-corrected chi connectivity index (χ3v) is 2.79. The first-order valence-electron chi connectivity index (χ1n) is 4.35. The minimum absolute atomic E-state index is 0.0237. The highest BCUT2D eigenvalue weighted by atomic mass is 127. The van der Waals surface area contributed by atoms with Gasteiger partial charge in [-0.05, 0) is 40.8 Å². The smallest absolute Gasteiger partial charge is 0.334 e. The number of aromatic nitrogens is 2. The zero-order chi connectivity index (χ0) is 12.8. The molecule has 0 bridgehead atoms. The lowest BCUT2D eigenvalue weighted by atomic mass is 10.2. The van der Waals surface area contributed by atoms with Crippen LogP contribution in [0.4, 0.5) is 13.2 Å². The van der Waals surface area contributed by atoms with Crippen LogP contribution in [0.2, 0.25) is 0 Å². The molecular weight excluding hydrogens is 350 g/mol. The molecule has 17 heavy (non-hydrogen) atoms. The van der Waals surface area contributed by atoms with Gasteiger partial charge in [0.1, 0.15) is 0 Å². The van der Waals surface area contributed by atoms with E-state index in [9.17, 15) is 18.0 Å². The summed E-state index contributed by atoms with van der Waals surface area (Å²) in [5.41, 5.74) is -0.940. The van der Waals surface area contributed by atoms with Gasteiger partial charge in [0.05, 0.1) is 10.9 Å². The van der Waals surface area contributed by atoms with E-state index in [0.717, 1.165) is 0 Å². The third kappa shape index (κ3) is 2.08. The summed E-state index contributed by atoms with van der Waals surface area (Å²) in [7, 11) is 0. The number of nitrogens with two attached hydrogens (primary N) is 1. The van der Waals surface area contributed by atoms with Crippen LogP contribution in [0.15, 0.2) is 23.0 Å². The van der Waals surface area contributed by atoms with Crippen LogP contribution in [0, 0.1) is 3.57 Å². The van der Waals surface area contributed by atoms with Gasteiger partial charge in [-0.25, -0.2) is 9.66 Å². The van der Waals surface area contributed by atoms with Crippen molar-refractivity contribution < 1.29 is 13.2 Å². The molecule has 0 aliphatic heterocycles. The van der Waals surface area contributed by atoms with Crippen molar-refractivity contribution in [2.45, 2.75) is 6.18 Å². The van der Waals surface area contributed by atoms with Crippen molar-refractivity contribution in [1.82, 2.24) is 9.66 Å². The van der Waals surface area contributed by atoms with Crippen molar-refractivity contribution >= 4 is 33.5 Å². The average Bonchev–Trinajstić information content (AvgIpc) is 2.22. The molecule has 1 aromatic carbocycles. The van der Waals surface area contributed by atoms with E-state index in [2.05, 4.69) is 4.98 Å². The molecular formula is C9H5F3IN3O. The van der Waals surface area contributed by atoms with Crippen molar-refractivity contribution in [1.29, 1.82) is 0 Å². The predicted octanol–water partition coefficient (Wildman–Crippen LogP) is 1.73. The number of benzene rings is 1. The topological polar surface area (TPSA) is 60.9 Å². The molecule has 0 saturated carbocycles. The maximum absolute atomic E-state index is 12.5. The molecule has 0 aliphatic rings. The molecule has 0 unspecified atom stereocenters. The standard InChI is InChI=1S/C9H5F3IN3O/c10-9(11,12)8-15-6-2-1-4(13)3-5(6)7(17)16(8)14/h1-3H,14H2. The molecule has 0 amide bonds. The van der Waals surface area contributed by atoms with Gasteiger partial charge in [-0.2, -0.15) is 13.2 Å².